The molecule has 1 aliphatic carbocycles. The van der Waals surface area contributed by atoms with Gasteiger partial charge in [0.2, 0.25) is 0 Å². The fraction of sp³-hybridized carbons (Fsp3) is 0.700. The zero-order chi connectivity index (χ0) is 31.1. The maximum absolute atomic E-state index is 10.7. The minimum absolute atomic E-state index is 0. The monoisotopic (exact) mass is 683 g/mol. The summed E-state index contributed by atoms with van der Waals surface area (Å²) in [6.45, 7) is 1.81. The molecule has 3 rings (SSSR count). The van der Waals surface area contributed by atoms with Gasteiger partial charge in [-0.2, -0.15) is 26.3 Å². The number of rotatable bonds is 6. The number of hydrogen-bond donors (Lipinski definition) is 0. The number of aromatic nitrogens is 4. The topological polar surface area (TPSA) is 157 Å². The Kier molecular flexibility index (Phi) is 15.0. The molecular weight excluding hydrogens is 653 g/mol. The van der Waals surface area contributed by atoms with E-state index in [1.807, 2.05) is 24.8 Å². The van der Waals surface area contributed by atoms with Crippen LogP contribution in [0, 0.1) is 0 Å². The quantitative estimate of drug-likeness (QED) is 0.191. The van der Waals surface area contributed by atoms with Crippen molar-refractivity contribution in [2.75, 3.05) is 14.1 Å². The Morgan fingerprint density at radius 1 is 0.780 bits per heavy atom. The number of alkyl halides is 6. The molecule has 1 aliphatic rings. The second kappa shape index (κ2) is 15.6. The molecule has 21 heteroatoms. The van der Waals surface area contributed by atoms with Gasteiger partial charge in [0.1, 0.15) is 11.6 Å². The molecule has 1 radical (unpaired) electrons. The molecule has 41 heavy (non-hydrogen) atoms. The molecule has 0 bridgehead atoms. The average Bonchev–Trinajstić information content (AvgIpc) is 3.39. The van der Waals surface area contributed by atoms with Crippen molar-refractivity contribution in [3.05, 3.63) is 36.4 Å². The standard InChI is InChI=1S/C18H30N6.2CHF3O3S.Mn/c1-21-11-9-19-17(21)13-23(3)15-7-5-6-8-16(15)24(4)14-18-20-10-12-22(18)2;2*2-1(3,4)8(5,6)7;/h9-12,15-16H,5-8,13-14H2,1-4H3;2*(H,5,6,7);/q;;;+2/p-2/t15-,16-;;;/m1.../s1. The number of nitrogens with zero attached hydrogens (tertiary/aromatic N) is 6. The van der Waals surface area contributed by atoms with Crippen LogP contribution >= 0.6 is 0 Å². The summed E-state index contributed by atoms with van der Waals surface area (Å²) < 4.78 is 122. The van der Waals surface area contributed by atoms with E-state index in [1.165, 1.54) is 25.7 Å². The number of likely N-dealkylation sites (N-methyl/N-ethyl adjacent to an activating group) is 2. The summed E-state index contributed by atoms with van der Waals surface area (Å²) in [7, 11) is -3.55. The molecule has 0 N–H and O–H groups in total. The summed E-state index contributed by atoms with van der Waals surface area (Å²) in [6, 6.07) is 1.14. The molecule has 0 saturated heterocycles. The number of hydrogen-bond acceptors (Lipinski definition) is 10. The summed E-state index contributed by atoms with van der Waals surface area (Å²) in [4.78, 5) is 13.9. The molecule has 0 aliphatic heterocycles. The van der Waals surface area contributed by atoms with Crippen molar-refractivity contribution in [2.24, 2.45) is 14.1 Å². The normalized spacial score (nSPS) is 18.2. The Balaban J connectivity index is 0.000000781. The second-order valence-corrected chi connectivity index (χ2v) is 11.7. The fourth-order valence-electron chi connectivity index (χ4n) is 3.90. The minimum Gasteiger partial charge on any atom is -0.741 e. The van der Waals surface area contributed by atoms with Crippen LogP contribution in [0.2, 0.25) is 0 Å². The Labute approximate surface area is 244 Å². The third-order valence-corrected chi connectivity index (χ3v) is 7.15. The Hall–Kier alpha value is -1.74. The van der Waals surface area contributed by atoms with Crippen LogP contribution < -0.4 is 0 Å². The van der Waals surface area contributed by atoms with Crippen LogP contribution in [-0.2, 0) is 64.5 Å². The van der Waals surface area contributed by atoms with Gasteiger partial charge in [0, 0.05) is 51.0 Å². The van der Waals surface area contributed by atoms with E-state index in [2.05, 4.69) is 57.1 Å². The van der Waals surface area contributed by atoms with Gasteiger partial charge >= 0.3 is 28.1 Å². The third kappa shape index (κ3) is 12.6. The van der Waals surface area contributed by atoms with Crippen LogP contribution in [0.15, 0.2) is 24.8 Å². The zero-order valence-corrected chi connectivity index (χ0v) is 25.1. The molecule has 2 aromatic rings. The van der Waals surface area contributed by atoms with Crippen LogP contribution in [0.1, 0.15) is 37.3 Å². The largest absolute Gasteiger partial charge is 2.00 e. The zero-order valence-electron chi connectivity index (χ0n) is 22.3. The summed E-state index contributed by atoms with van der Waals surface area (Å²) in [5.74, 6) is 2.27. The van der Waals surface area contributed by atoms with E-state index in [0.29, 0.717) is 12.1 Å². The first-order valence-corrected chi connectivity index (χ1v) is 14.2. The molecule has 1 fully saturated rings. The van der Waals surface area contributed by atoms with Gasteiger partial charge in [0.05, 0.1) is 13.1 Å². The van der Waals surface area contributed by atoms with Crippen LogP contribution in [0.3, 0.4) is 0 Å². The van der Waals surface area contributed by atoms with Gasteiger partial charge in [0.25, 0.3) is 0 Å². The van der Waals surface area contributed by atoms with Crippen LogP contribution in [-0.4, -0.2) is 92.0 Å². The Bertz CT molecular complexity index is 1190. The second-order valence-electron chi connectivity index (χ2n) is 8.96. The predicted molar refractivity (Wildman–Crippen MR) is 127 cm³/mol. The van der Waals surface area contributed by atoms with Crippen molar-refractivity contribution in [3.8, 4) is 0 Å². The van der Waals surface area contributed by atoms with E-state index < -0.39 is 31.3 Å². The Morgan fingerprint density at radius 2 is 1.05 bits per heavy atom. The molecule has 2 atom stereocenters. The number of aryl methyl sites for hydroxylation is 2. The summed E-state index contributed by atoms with van der Waals surface area (Å²) in [6.07, 6.45) is 13.0. The van der Waals surface area contributed by atoms with E-state index in [-0.39, 0.29) is 17.1 Å². The van der Waals surface area contributed by atoms with Crippen LogP contribution in [0.25, 0.3) is 0 Å². The summed E-state index contributed by atoms with van der Waals surface area (Å²) >= 11 is 0. The first kappa shape index (κ1) is 39.3. The molecule has 0 spiro atoms. The molecule has 12 nitrogen and oxygen atoms in total. The predicted octanol–water partition coefficient (Wildman–Crippen LogP) is 2.13. The Morgan fingerprint density at radius 3 is 1.24 bits per heavy atom. The van der Waals surface area contributed by atoms with Gasteiger partial charge in [0.15, 0.2) is 20.2 Å². The van der Waals surface area contributed by atoms with Crippen molar-refractivity contribution in [2.45, 2.75) is 61.9 Å². The maximum Gasteiger partial charge on any atom is 2.00 e. The van der Waals surface area contributed by atoms with Gasteiger partial charge < -0.3 is 18.2 Å². The molecule has 0 amide bonds. The smallest absolute Gasteiger partial charge is 0.741 e. The van der Waals surface area contributed by atoms with E-state index in [0.717, 1.165) is 24.7 Å². The van der Waals surface area contributed by atoms with E-state index in [1.54, 1.807) is 0 Å². The van der Waals surface area contributed by atoms with Crippen molar-refractivity contribution in [3.63, 3.8) is 0 Å². The molecular formula is C20H30F6MnN6O6S2. The van der Waals surface area contributed by atoms with E-state index >= 15 is 0 Å². The molecule has 0 unspecified atom stereocenters. The van der Waals surface area contributed by atoms with Gasteiger partial charge in [-0.15, -0.1) is 0 Å². The minimum atomic E-state index is -6.09. The molecule has 1 saturated carbocycles. The van der Waals surface area contributed by atoms with Crippen LogP contribution in [0.4, 0.5) is 26.3 Å². The number of imidazole rings is 2. The maximum atomic E-state index is 10.7. The van der Waals surface area contributed by atoms with Crippen molar-refractivity contribution < 1.29 is 69.4 Å². The van der Waals surface area contributed by atoms with Crippen molar-refractivity contribution in [1.82, 2.24) is 28.9 Å². The molecule has 0 aromatic carbocycles. The summed E-state index contributed by atoms with van der Waals surface area (Å²) in [5, 5.41) is 0. The van der Waals surface area contributed by atoms with E-state index in [9.17, 15) is 26.3 Å². The first-order valence-electron chi connectivity index (χ1n) is 11.4. The van der Waals surface area contributed by atoms with Gasteiger partial charge in [-0.1, -0.05) is 12.8 Å². The van der Waals surface area contributed by atoms with Gasteiger partial charge in [-0.3, -0.25) is 9.80 Å². The fourth-order valence-corrected chi connectivity index (χ4v) is 3.90. The summed E-state index contributed by atoms with van der Waals surface area (Å²) in [5.41, 5.74) is -11.3. The van der Waals surface area contributed by atoms with Crippen molar-refractivity contribution >= 4 is 20.2 Å². The van der Waals surface area contributed by atoms with Crippen LogP contribution in [0.5, 0.6) is 0 Å². The van der Waals surface area contributed by atoms with Gasteiger partial charge in [-0.05, 0) is 26.9 Å². The number of halogens is 6. The SMILES string of the molecule is CN(Cc1nccn1C)[C@@H]1CCCC[C@H]1N(C)Cc1nccn1C.O=S(=O)([O-])C(F)(F)F.O=S(=O)([O-])C(F)(F)F.[Mn+2]. The molecule has 237 valence electrons. The molecule has 2 aromatic heterocycles. The van der Waals surface area contributed by atoms with Gasteiger partial charge in [-0.25, -0.2) is 26.8 Å². The average molecular weight is 684 g/mol. The van der Waals surface area contributed by atoms with Crippen molar-refractivity contribution in [1.29, 1.82) is 0 Å². The third-order valence-electron chi connectivity index (χ3n) is 6.02. The molecule has 2 heterocycles. The first-order chi connectivity index (χ1) is 18.1. The van der Waals surface area contributed by atoms with E-state index in [4.69, 9.17) is 25.9 Å².